The molecule has 20 heavy (non-hydrogen) atoms. The lowest BCUT2D eigenvalue weighted by atomic mass is 9.89. The lowest BCUT2D eigenvalue weighted by molar-refractivity contribution is 0.0478. The molecule has 1 aromatic heterocycles. The van der Waals surface area contributed by atoms with Crippen LogP contribution < -0.4 is 5.32 Å². The fourth-order valence-corrected chi connectivity index (χ4v) is 3.87. The molecule has 5 heteroatoms. The molecule has 1 N–H and O–H groups in total. The molecule has 1 aliphatic carbocycles. The van der Waals surface area contributed by atoms with Gasteiger partial charge >= 0.3 is 0 Å². The zero-order valence-electron chi connectivity index (χ0n) is 13.0. The van der Waals surface area contributed by atoms with Crippen molar-refractivity contribution in [1.82, 2.24) is 25.0 Å². The van der Waals surface area contributed by atoms with E-state index in [0.717, 1.165) is 25.5 Å². The first-order chi connectivity index (χ1) is 9.60. The summed E-state index contributed by atoms with van der Waals surface area (Å²) in [6.07, 6.45) is 7.06. The summed E-state index contributed by atoms with van der Waals surface area (Å²) in [5, 5.41) is 8.07. The highest BCUT2D eigenvalue weighted by molar-refractivity contribution is 5.02. The molecule has 1 aliphatic heterocycles. The van der Waals surface area contributed by atoms with E-state index in [1.54, 1.807) is 6.33 Å². The van der Waals surface area contributed by atoms with Crippen LogP contribution in [0.25, 0.3) is 0 Å². The Morgan fingerprint density at radius 1 is 1.40 bits per heavy atom. The predicted molar refractivity (Wildman–Crippen MR) is 79.2 cm³/mol. The lowest BCUT2D eigenvalue weighted by Crippen LogP contribution is -2.64. The summed E-state index contributed by atoms with van der Waals surface area (Å²) >= 11 is 0. The number of hydrogen-bond acceptors (Lipinski definition) is 4. The molecule has 3 rings (SSSR count). The van der Waals surface area contributed by atoms with Crippen LogP contribution in [0.15, 0.2) is 6.33 Å². The quantitative estimate of drug-likeness (QED) is 0.911. The van der Waals surface area contributed by atoms with Gasteiger partial charge < -0.3 is 5.32 Å². The van der Waals surface area contributed by atoms with Gasteiger partial charge in [0.25, 0.3) is 0 Å². The van der Waals surface area contributed by atoms with Gasteiger partial charge in [-0.15, -0.1) is 0 Å². The molecule has 2 fully saturated rings. The van der Waals surface area contributed by atoms with E-state index in [1.165, 1.54) is 25.7 Å². The van der Waals surface area contributed by atoms with Gasteiger partial charge in [-0.05, 0) is 18.8 Å². The Morgan fingerprint density at radius 3 is 2.75 bits per heavy atom. The summed E-state index contributed by atoms with van der Waals surface area (Å²) in [6, 6.07) is 0.595. The van der Waals surface area contributed by atoms with Crippen molar-refractivity contribution < 1.29 is 0 Å². The molecule has 1 unspecified atom stereocenters. The normalized spacial score (nSPS) is 26.7. The molecule has 0 aromatic carbocycles. The molecule has 0 amide bonds. The van der Waals surface area contributed by atoms with Crippen molar-refractivity contribution in [2.75, 3.05) is 13.1 Å². The minimum Gasteiger partial charge on any atom is -0.308 e. The summed E-state index contributed by atoms with van der Waals surface area (Å²) in [4.78, 5) is 7.04. The van der Waals surface area contributed by atoms with Gasteiger partial charge in [0.1, 0.15) is 12.2 Å². The van der Waals surface area contributed by atoms with Crippen LogP contribution in [0.5, 0.6) is 0 Å². The average Bonchev–Trinajstić information content (AvgIpc) is 3.00. The van der Waals surface area contributed by atoms with Crippen LogP contribution in [-0.4, -0.2) is 44.3 Å². The number of hydrogen-bond donors (Lipinski definition) is 1. The zero-order chi connectivity index (χ0) is 14.2. The fourth-order valence-electron chi connectivity index (χ4n) is 3.87. The van der Waals surface area contributed by atoms with Crippen LogP contribution >= 0.6 is 0 Å². The highest BCUT2D eigenvalue weighted by Crippen LogP contribution is 2.34. The summed E-state index contributed by atoms with van der Waals surface area (Å²) in [6.45, 7) is 7.83. The third kappa shape index (κ3) is 2.61. The Labute approximate surface area is 121 Å². The van der Waals surface area contributed by atoms with Crippen molar-refractivity contribution in [2.24, 2.45) is 13.0 Å². The van der Waals surface area contributed by atoms with E-state index in [-0.39, 0.29) is 0 Å². The standard InChI is InChI=1S/C15H27N5/c1-12(2)13-8-17-15(6-4-5-7-15)10-20(13)9-14-16-11-18-19(14)3/h11-13,17H,4-10H2,1-3H3. The van der Waals surface area contributed by atoms with Crippen LogP contribution in [0, 0.1) is 5.92 Å². The van der Waals surface area contributed by atoms with Gasteiger partial charge in [0.05, 0.1) is 6.54 Å². The molecule has 1 saturated carbocycles. The van der Waals surface area contributed by atoms with Crippen LogP contribution in [0.4, 0.5) is 0 Å². The number of nitrogens with one attached hydrogen (secondary N) is 1. The smallest absolute Gasteiger partial charge is 0.140 e. The lowest BCUT2D eigenvalue weighted by Gasteiger charge is -2.47. The van der Waals surface area contributed by atoms with Gasteiger partial charge in [0.15, 0.2) is 0 Å². The SMILES string of the molecule is CC(C)C1CNC2(CCCC2)CN1Cc1ncnn1C. The number of rotatable bonds is 3. The van der Waals surface area contributed by atoms with Gasteiger partial charge in [0, 0.05) is 31.7 Å². The summed E-state index contributed by atoms with van der Waals surface area (Å²) < 4.78 is 1.90. The maximum absolute atomic E-state index is 4.41. The van der Waals surface area contributed by atoms with Crippen molar-refractivity contribution >= 4 is 0 Å². The van der Waals surface area contributed by atoms with Crippen LogP contribution in [0.2, 0.25) is 0 Å². The Kier molecular flexibility index (Phi) is 3.82. The van der Waals surface area contributed by atoms with E-state index >= 15 is 0 Å². The number of aromatic nitrogens is 3. The van der Waals surface area contributed by atoms with Crippen molar-refractivity contribution in [2.45, 2.75) is 57.7 Å². The third-order valence-corrected chi connectivity index (χ3v) is 5.14. The van der Waals surface area contributed by atoms with Crippen LogP contribution in [0.3, 0.4) is 0 Å². The van der Waals surface area contributed by atoms with E-state index in [1.807, 2.05) is 11.7 Å². The van der Waals surface area contributed by atoms with Crippen LogP contribution in [-0.2, 0) is 13.6 Å². The fraction of sp³-hybridized carbons (Fsp3) is 0.867. The Bertz CT molecular complexity index is 447. The van der Waals surface area contributed by atoms with Gasteiger partial charge in [-0.3, -0.25) is 9.58 Å². The summed E-state index contributed by atoms with van der Waals surface area (Å²) in [7, 11) is 1.99. The van der Waals surface area contributed by atoms with Crippen molar-refractivity contribution in [3.8, 4) is 0 Å². The second-order valence-corrected chi connectivity index (χ2v) is 6.88. The largest absolute Gasteiger partial charge is 0.308 e. The maximum atomic E-state index is 4.41. The molecule has 112 valence electrons. The van der Waals surface area contributed by atoms with Gasteiger partial charge in [-0.2, -0.15) is 5.10 Å². The first-order valence-electron chi connectivity index (χ1n) is 7.92. The molecular formula is C15H27N5. The van der Waals surface area contributed by atoms with Crippen LogP contribution in [0.1, 0.15) is 45.4 Å². The topological polar surface area (TPSA) is 46.0 Å². The predicted octanol–water partition coefficient (Wildman–Crippen LogP) is 1.56. The molecule has 5 nitrogen and oxygen atoms in total. The Balaban J connectivity index is 1.77. The molecule has 2 aliphatic rings. The first kappa shape index (κ1) is 14.0. The van der Waals surface area contributed by atoms with E-state index in [4.69, 9.17) is 0 Å². The zero-order valence-corrected chi connectivity index (χ0v) is 13.0. The number of aryl methyl sites for hydroxylation is 1. The van der Waals surface area contributed by atoms with Gasteiger partial charge in [-0.25, -0.2) is 4.98 Å². The maximum Gasteiger partial charge on any atom is 0.140 e. The highest BCUT2D eigenvalue weighted by atomic mass is 15.3. The Morgan fingerprint density at radius 2 is 2.15 bits per heavy atom. The molecule has 1 saturated heterocycles. The minimum atomic E-state index is 0.365. The highest BCUT2D eigenvalue weighted by Gasteiger charge is 2.41. The molecule has 1 spiro atoms. The summed E-state index contributed by atoms with van der Waals surface area (Å²) in [5.41, 5.74) is 0.365. The molecule has 2 heterocycles. The van der Waals surface area contributed by atoms with Crippen molar-refractivity contribution in [3.05, 3.63) is 12.2 Å². The van der Waals surface area contributed by atoms with E-state index in [9.17, 15) is 0 Å². The third-order valence-electron chi connectivity index (χ3n) is 5.14. The number of nitrogens with zero attached hydrogens (tertiary/aromatic N) is 4. The van der Waals surface area contributed by atoms with Crippen molar-refractivity contribution in [1.29, 1.82) is 0 Å². The van der Waals surface area contributed by atoms with Gasteiger partial charge in [-0.1, -0.05) is 26.7 Å². The summed E-state index contributed by atoms with van der Waals surface area (Å²) in [5.74, 6) is 1.74. The molecule has 0 bridgehead atoms. The second-order valence-electron chi connectivity index (χ2n) is 6.88. The average molecular weight is 277 g/mol. The van der Waals surface area contributed by atoms with E-state index < -0.39 is 0 Å². The Hall–Kier alpha value is -0.940. The second kappa shape index (κ2) is 5.45. The first-order valence-corrected chi connectivity index (χ1v) is 7.92. The van der Waals surface area contributed by atoms with E-state index in [0.29, 0.717) is 17.5 Å². The monoisotopic (exact) mass is 277 g/mol. The molecule has 0 radical (unpaired) electrons. The number of piperazine rings is 1. The molecular weight excluding hydrogens is 250 g/mol. The van der Waals surface area contributed by atoms with E-state index in [2.05, 4.69) is 34.1 Å². The minimum absolute atomic E-state index is 0.365. The molecule has 1 atom stereocenters. The van der Waals surface area contributed by atoms with Gasteiger partial charge in [0.2, 0.25) is 0 Å². The molecule has 1 aromatic rings. The van der Waals surface area contributed by atoms with Crippen molar-refractivity contribution in [3.63, 3.8) is 0 Å².